The minimum Gasteiger partial charge on any atom is -0.423 e. The van der Waals surface area contributed by atoms with Crippen molar-refractivity contribution in [1.82, 2.24) is 15.5 Å². The average molecular weight is 185 g/mol. The molecule has 5 heteroatoms. The van der Waals surface area contributed by atoms with Gasteiger partial charge in [0.25, 0.3) is 0 Å². The summed E-state index contributed by atoms with van der Waals surface area (Å²) in [5.74, 6) is 1.11. The van der Waals surface area contributed by atoms with Crippen molar-refractivity contribution in [2.75, 3.05) is 19.7 Å². The molecule has 0 radical (unpaired) electrons. The average Bonchev–Trinajstić information content (AvgIpc) is 2.51. The Morgan fingerprint density at radius 2 is 2.31 bits per heavy atom. The van der Waals surface area contributed by atoms with Gasteiger partial charge >= 0.3 is 0 Å². The molecule has 74 valence electrons. The van der Waals surface area contributed by atoms with E-state index < -0.39 is 0 Å². The van der Waals surface area contributed by atoms with Gasteiger partial charge < -0.3 is 14.5 Å². The Balaban J connectivity index is 2.06. The highest BCUT2D eigenvalue weighted by Crippen LogP contribution is 1.98. The molecule has 0 atom stereocenters. The summed E-state index contributed by atoms with van der Waals surface area (Å²) in [5, 5.41) is 10.6. The van der Waals surface area contributed by atoms with Crippen molar-refractivity contribution in [2.45, 2.75) is 20.5 Å². The minimum atomic E-state index is 0.395. The molecule has 1 aromatic rings. The summed E-state index contributed by atoms with van der Waals surface area (Å²) < 4.78 is 10.4. The quantitative estimate of drug-likeness (QED) is 0.654. The molecule has 1 N–H and O–H groups in total. The van der Waals surface area contributed by atoms with Crippen molar-refractivity contribution in [3.8, 4) is 0 Å². The Morgan fingerprint density at radius 1 is 1.46 bits per heavy atom. The summed E-state index contributed by atoms with van der Waals surface area (Å²) in [4.78, 5) is 0. The second-order valence-corrected chi connectivity index (χ2v) is 2.62. The number of ether oxygens (including phenoxy) is 1. The van der Waals surface area contributed by atoms with Gasteiger partial charge in [-0.25, -0.2) is 0 Å². The molecule has 1 heterocycles. The molecule has 5 nitrogen and oxygen atoms in total. The van der Waals surface area contributed by atoms with Crippen molar-refractivity contribution in [1.29, 1.82) is 0 Å². The van der Waals surface area contributed by atoms with Crippen LogP contribution in [0.5, 0.6) is 0 Å². The summed E-state index contributed by atoms with van der Waals surface area (Å²) in [5.41, 5.74) is 0. The SMILES string of the molecule is CCNCCOCc1nnc(C)o1. The number of likely N-dealkylation sites (N-methyl/N-ethyl adjacent to an activating group) is 1. The number of aromatic nitrogens is 2. The van der Waals surface area contributed by atoms with E-state index >= 15 is 0 Å². The molecule has 1 rings (SSSR count). The van der Waals surface area contributed by atoms with Crippen LogP contribution in [-0.2, 0) is 11.3 Å². The fraction of sp³-hybridized carbons (Fsp3) is 0.750. The van der Waals surface area contributed by atoms with Crippen LogP contribution in [0.25, 0.3) is 0 Å². The lowest BCUT2D eigenvalue weighted by Gasteiger charge is -2.00. The van der Waals surface area contributed by atoms with Gasteiger partial charge in [-0.3, -0.25) is 0 Å². The van der Waals surface area contributed by atoms with Crippen LogP contribution >= 0.6 is 0 Å². The highest BCUT2D eigenvalue weighted by molar-refractivity contribution is 4.75. The molecule has 1 aromatic heterocycles. The third-order valence-electron chi connectivity index (χ3n) is 1.47. The lowest BCUT2D eigenvalue weighted by molar-refractivity contribution is 0.104. The molecule has 0 amide bonds. The van der Waals surface area contributed by atoms with Crippen LogP contribution < -0.4 is 5.32 Å². The third kappa shape index (κ3) is 4.00. The Labute approximate surface area is 77.5 Å². The maximum atomic E-state index is 5.28. The second-order valence-electron chi connectivity index (χ2n) is 2.62. The van der Waals surface area contributed by atoms with Crippen LogP contribution in [0.1, 0.15) is 18.7 Å². The van der Waals surface area contributed by atoms with Gasteiger partial charge in [-0.1, -0.05) is 6.92 Å². The zero-order valence-corrected chi connectivity index (χ0v) is 8.04. The van der Waals surface area contributed by atoms with Crippen molar-refractivity contribution in [2.24, 2.45) is 0 Å². The number of aryl methyl sites for hydroxylation is 1. The highest BCUT2D eigenvalue weighted by Gasteiger charge is 2.00. The van der Waals surface area contributed by atoms with Gasteiger partial charge in [-0.15, -0.1) is 10.2 Å². The summed E-state index contributed by atoms with van der Waals surface area (Å²) in [6.45, 7) is 6.69. The van der Waals surface area contributed by atoms with Gasteiger partial charge in [-0.05, 0) is 6.54 Å². The monoisotopic (exact) mass is 185 g/mol. The number of hydrogen-bond donors (Lipinski definition) is 1. The van der Waals surface area contributed by atoms with Crippen LogP contribution in [0.4, 0.5) is 0 Å². The molecule has 0 bridgehead atoms. The standard InChI is InChI=1S/C8H15N3O2/c1-3-9-4-5-12-6-8-11-10-7(2)13-8/h9H,3-6H2,1-2H3. The van der Waals surface area contributed by atoms with Gasteiger partial charge in [0.05, 0.1) is 6.61 Å². The van der Waals surface area contributed by atoms with Crippen LogP contribution in [0.15, 0.2) is 4.42 Å². The predicted molar refractivity (Wildman–Crippen MR) is 47.2 cm³/mol. The van der Waals surface area contributed by atoms with E-state index in [4.69, 9.17) is 9.15 Å². The van der Waals surface area contributed by atoms with Crippen molar-refractivity contribution in [3.63, 3.8) is 0 Å². The van der Waals surface area contributed by atoms with Crippen LogP contribution in [-0.4, -0.2) is 29.9 Å². The van der Waals surface area contributed by atoms with E-state index in [-0.39, 0.29) is 0 Å². The zero-order valence-electron chi connectivity index (χ0n) is 8.04. The maximum Gasteiger partial charge on any atom is 0.242 e. The summed E-state index contributed by atoms with van der Waals surface area (Å²) >= 11 is 0. The first-order valence-corrected chi connectivity index (χ1v) is 4.40. The molecule has 0 fully saturated rings. The molecule has 0 saturated heterocycles. The number of nitrogens with one attached hydrogen (secondary N) is 1. The summed E-state index contributed by atoms with van der Waals surface area (Å²) in [6.07, 6.45) is 0. The lowest BCUT2D eigenvalue weighted by atomic mass is 10.6. The van der Waals surface area contributed by atoms with E-state index in [2.05, 4.69) is 22.4 Å². The van der Waals surface area contributed by atoms with E-state index in [0.29, 0.717) is 25.0 Å². The molecule has 13 heavy (non-hydrogen) atoms. The molecule has 0 unspecified atom stereocenters. The first-order valence-electron chi connectivity index (χ1n) is 4.40. The van der Waals surface area contributed by atoms with Gasteiger partial charge in [0.15, 0.2) is 0 Å². The summed E-state index contributed by atoms with van der Waals surface area (Å²) in [7, 11) is 0. The molecule has 0 aliphatic carbocycles. The number of hydrogen-bond acceptors (Lipinski definition) is 5. The van der Waals surface area contributed by atoms with E-state index in [1.807, 2.05) is 0 Å². The third-order valence-corrected chi connectivity index (χ3v) is 1.47. The first kappa shape index (κ1) is 10.1. The van der Waals surface area contributed by atoms with Gasteiger partial charge in [-0.2, -0.15) is 0 Å². The van der Waals surface area contributed by atoms with E-state index in [1.54, 1.807) is 6.92 Å². The fourth-order valence-electron chi connectivity index (χ4n) is 0.876. The molecular weight excluding hydrogens is 170 g/mol. The topological polar surface area (TPSA) is 60.2 Å². The Kier molecular flexibility index (Phi) is 4.42. The Hall–Kier alpha value is -0.940. The zero-order chi connectivity index (χ0) is 9.52. The lowest BCUT2D eigenvalue weighted by Crippen LogP contribution is -2.18. The number of rotatable bonds is 6. The molecule has 0 saturated carbocycles. The van der Waals surface area contributed by atoms with E-state index in [0.717, 1.165) is 13.1 Å². The highest BCUT2D eigenvalue weighted by atomic mass is 16.5. The van der Waals surface area contributed by atoms with Gasteiger partial charge in [0, 0.05) is 13.5 Å². The van der Waals surface area contributed by atoms with Crippen LogP contribution in [0, 0.1) is 6.92 Å². The van der Waals surface area contributed by atoms with Crippen molar-refractivity contribution in [3.05, 3.63) is 11.8 Å². The minimum absolute atomic E-state index is 0.395. The molecule has 0 spiro atoms. The van der Waals surface area contributed by atoms with Crippen molar-refractivity contribution >= 4 is 0 Å². The van der Waals surface area contributed by atoms with Gasteiger partial charge in [0.1, 0.15) is 6.61 Å². The fourth-order valence-corrected chi connectivity index (χ4v) is 0.876. The van der Waals surface area contributed by atoms with E-state index in [1.165, 1.54) is 0 Å². The smallest absolute Gasteiger partial charge is 0.242 e. The van der Waals surface area contributed by atoms with Crippen LogP contribution in [0.3, 0.4) is 0 Å². The predicted octanol–water partition coefficient (Wildman–Crippen LogP) is 0.504. The van der Waals surface area contributed by atoms with E-state index in [9.17, 15) is 0 Å². The Bertz CT molecular complexity index is 237. The molecular formula is C8H15N3O2. The number of nitrogens with zero attached hydrogens (tertiary/aromatic N) is 2. The molecule has 0 aliphatic heterocycles. The first-order chi connectivity index (χ1) is 6.33. The van der Waals surface area contributed by atoms with Gasteiger partial charge in [0.2, 0.25) is 11.8 Å². The molecule has 0 aromatic carbocycles. The summed E-state index contributed by atoms with van der Waals surface area (Å²) in [6, 6.07) is 0. The Morgan fingerprint density at radius 3 is 2.92 bits per heavy atom. The van der Waals surface area contributed by atoms with Crippen molar-refractivity contribution < 1.29 is 9.15 Å². The largest absolute Gasteiger partial charge is 0.423 e. The second kappa shape index (κ2) is 5.66. The van der Waals surface area contributed by atoms with Crippen LogP contribution in [0.2, 0.25) is 0 Å². The normalized spacial score (nSPS) is 10.6. The molecule has 0 aliphatic rings. The maximum absolute atomic E-state index is 5.28.